The number of hydrogen-bond acceptors (Lipinski definition) is 3. The summed E-state index contributed by atoms with van der Waals surface area (Å²) in [6, 6.07) is 0. The molecular weight excluding hydrogens is 288 g/mol. The minimum atomic E-state index is -0.794. The van der Waals surface area contributed by atoms with Crippen LogP contribution in [0.1, 0.15) is 59.8 Å². The van der Waals surface area contributed by atoms with Crippen LogP contribution in [0.4, 0.5) is 0 Å². The molecule has 3 nitrogen and oxygen atoms in total. The van der Waals surface area contributed by atoms with Gasteiger partial charge in [0, 0.05) is 12.0 Å². The molecule has 2 saturated carbocycles. The molecule has 0 bridgehead atoms. The van der Waals surface area contributed by atoms with E-state index in [1.807, 2.05) is 19.9 Å². The number of allylic oxidation sites excluding steroid dienone is 3. The van der Waals surface area contributed by atoms with Gasteiger partial charge in [-0.2, -0.15) is 0 Å². The lowest BCUT2D eigenvalue weighted by Crippen LogP contribution is -2.63. The van der Waals surface area contributed by atoms with E-state index in [0.29, 0.717) is 6.42 Å². The van der Waals surface area contributed by atoms with Crippen molar-refractivity contribution >= 4 is 0 Å². The Morgan fingerprint density at radius 2 is 1.87 bits per heavy atom. The minimum absolute atomic E-state index is 0.0233. The highest BCUT2D eigenvalue weighted by Gasteiger charge is 2.62. The molecule has 2 unspecified atom stereocenters. The minimum Gasteiger partial charge on any atom is -0.396 e. The van der Waals surface area contributed by atoms with Gasteiger partial charge in [0.2, 0.25) is 0 Å². The van der Waals surface area contributed by atoms with E-state index >= 15 is 0 Å². The number of aliphatic hydroxyl groups excluding tert-OH is 2. The SMILES string of the molecule is C=C/C(C)=C/C[C@@H]1[C@@]2(C)C(O)CCC(C)(CO)[C@@H]2CC[C@@]1(C)O. The molecule has 6 atom stereocenters. The van der Waals surface area contributed by atoms with Crippen molar-refractivity contribution in [2.75, 3.05) is 6.61 Å². The second kappa shape index (κ2) is 6.34. The Balaban J connectivity index is 2.45. The van der Waals surface area contributed by atoms with E-state index in [0.717, 1.165) is 31.3 Å². The first kappa shape index (κ1) is 18.7. The van der Waals surface area contributed by atoms with Crippen LogP contribution in [0.2, 0.25) is 0 Å². The van der Waals surface area contributed by atoms with E-state index in [1.54, 1.807) is 0 Å². The lowest BCUT2D eigenvalue weighted by molar-refractivity contribution is -0.219. The van der Waals surface area contributed by atoms with Crippen molar-refractivity contribution in [3.05, 3.63) is 24.3 Å². The van der Waals surface area contributed by atoms with Gasteiger partial charge in [-0.05, 0) is 63.2 Å². The molecule has 0 spiro atoms. The van der Waals surface area contributed by atoms with Gasteiger partial charge in [0.25, 0.3) is 0 Å². The van der Waals surface area contributed by atoms with E-state index in [1.165, 1.54) is 0 Å². The number of hydrogen-bond donors (Lipinski definition) is 3. The number of rotatable bonds is 4. The quantitative estimate of drug-likeness (QED) is 0.695. The van der Waals surface area contributed by atoms with E-state index in [9.17, 15) is 15.3 Å². The fraction of sp³-hybridized carbons (Fsp3) is 0.800. The highest BCUT2D eigenvalue weighted by atomic mass is 16.3. The van der Waals surface area contributed by atoms with Crippen LogP contribution in [0, 0.1) is 22.7 Å². The number of fused-ring (bicyclic) bond motifs is 1. The molecule has 0 heterocycles. The van der Waals surface area contributed by atoms with Crippen molar-refractivity contribution in [3.8, 4) is 0 Å². The molecular formula is C20H34O3. The van der Waals surface area contributed by atoms with Gasteiger partial charge in [-0.15, -0.1) is 0 Å². The monoisotopic (exact) mass is 322 g/mol. The Bertz CT molecular complexity index is 481. The van der Waals surface area contributed by atoms with E-state index in [-0.39, 0.29) is 29.3 Å². The fourth-order valence-corrected chi connectivity index (χ4v) is 5.43. The molecule has 0 aromatic carbocycles. The van der Waals surface area contributed by atoms with Gasteiger partial charge >= 0.3 is 0 Å². The van der Waals surface area contributed by atoms with Crippen molar-refractivity contribution in [1.82, 2.24) is 0 Å². The third kappa shape index (κ3) is 3.04. The van der Waals surface area contributed by atoms with Crippen molar-refractivity contribution in [1.29, 1.82) is 0 Å². The zero-order chi connectivity index (χ0) is 17.5. The average Bonchev–Trinajstić information content (AvgIpc) is 2.50. The Labute approximate surface area is 141 Å². The Kier molecular flexibility index (Phi) is 5.16. The van der Waals surface area contributed by atoms with Crippen LogP contribution in [-0.2, 0) is 0 Å². The predicted molar refractivity (Wildman–Crippen MR) is 93.9 cm³/mol. The maximum atomic E-state index is 11.1. The molecule has 132 valence electrons. The van der Waals surface area contributed by atoms with E-state index in [2.05, 4.69) is 26.5 Å². The molecule has 23 heavy (non-hydrogen) atoms. The van der Waals surface area contributed by atoms with Gasteiger partial charge in [-0.1, -0.05) is 38.2 Å². The summed E-state index contributed by atoms with van der Waals surface area (Å²) < 4.78 is 0. The summed E-state index contributed by atoms with van der Waals surface area (Å²) in [5.41, 5.74) is -0.241. The molecule has 2 aliphatic carbocycles. The van der Waals surface area contributed by atoms with Gasteiger partial charge in [-0.3, -0.25) is 0 Å². The summed E-state index contributed by atoms with van der Waals surface area (Å²) in [4.78, 5) is 0. The summed E-state index contributed by atoms with van der Waals surface area (Å²) in [6.07, 6.45) is 7.38. The van der Waals surface area contributed by atoms with Gasteiger partial charge in [-0.25, -0.2) is 0 Å². The molecule has 2 rings (SSSR count). The average molecular weight is 322 g/mol. The molecule has 3 N–H and O–H groups in total. The van der Waals surface area contributed by atoms with Crippen molar-refractivity contribution in [3.63, 3.8) is 0 Å². The lowest BCUT2D eigenvalue weighted by atomic mass is 9.44. The zero-order valence-electron chi connectivity index (χ0n) is 15.2. The van der Waals surface area contributed by atoms with Crippen molar-refractivity contribution in [2.45, 2.75) is 71.5 Å². The topological polar surface area (TPSA) is 60.7 Å². The summed E-state index contributed by atoms with van der Waals surface area (Å²) in [5.74, 6) is 0.205. The summed E-state index contributed by atoms with van der Waals surface area (Å²) >= 11 is 0. The molecule has 2 aliphatic rings. The summed E-state index contributed by atoms with van der Waals surface area (Å²) in [6.45, 7) is 12.1. The van der Waals surface area contributed by atoms with Crippen LogP contribution in [0.25, 0.3) is 0 Å². The van der Waals surface area contributed by atoms with E-state index in [4.69, 9.17) is 0 Å². The van der Waals surface area contributed by atoms with Crippen LogP contribution in [-0.4, -0.2) is 33.6 Å². The molecule has 0 aliphatic heterocycles. The van der Waals surface area contributed by atoms with Gasteiger partial charge in [0.05, 0.1) is 11.7 Å². The van der Waals surface area contributed by atoms with Crippen LogP contribution in [0.15, 0.2) is 24.3 Å². The second-order valence-corrected chi connectivity index (χ2v) is 8.62. The maximum absolute atomic E-state index is 11.1. The predicted octanol–water partition coefficient (Wildman–Crippen LogP) is 3.45. The standard InChI is InChI=1S/C20H34O3/c1-6-14(2)7-8-16-19(4,23)12-9-15-18(3,13-21)11-10-17(22)20(15,16)5/h6-7,15-17,21-23H,1,8-13H2,2-5H3/b14-7+/t15-,16-,17?,18?,19+,20-/m0/s1. The van der Waals surface area contributed by atoms with Crippen LogP contribution in [0.3, 0.4) is 0 Å². The normalized spacial score (nSPS) is 48.0. The van der Waals surface area contributed by atoms with Gasteiger partial charge < -0.3 is 15.3 Å². The van der Waals surface area contributed by atoms with Crippen molar-refractivity contribution in [2.24, 2.45) is 22.7 Å². The smallest absolute Gasteiger partial charge is 0.0657 e. The Morgan fingerprint density at radius 3 is 2.43 bits per heavy atom. The molecule has 0 radical (unpaired) electrons. The third-order valence-corrected chi connectivity index (χ3v) is 7.10. The van der Waals surface area contributed by atoms with Crippen LogP contribution >= 0.6 is 0 Å². The third-order valence-electron chi connectivity index (χ3n) is 7.10. The lowest BCUT2D eigenvalue weighted by Gasteiger charge is -2.63. The molecule has 0 aromatic heterocycles. The van der Waals surface area contributed by atoms with Crippen LogP contribution < -0.4 is 0 Å². The molecule has 0 aromatic rings. The maximum Gasteiger partial charge on any atom is 0.0657 e. The molecule has 0 amide bonds. The Morgan fingerprint density at radius 1 is 1.22 bits per heavy atom. The van der Waals surface area contributed by atoms with Gasteiger partial charge in [0.15, 0.2) is 0 Å². The first-order valence-electron chi connectivity index (χ1n) is 8.92. The summed E-state index contributed by atoms with van der Waals surface area (Å²) in [7, 11) is 0. The Hall–Kier alpha value is -0.640. The van der Waals surface area contributed by atoms with Gasteiger partial charge in [0.1, 0.15) is 0 Å². The highest BCUT2D eigenvalue weighted by Crippen LogP contribution is 2.62. The first-order valence-corrected chi connectivity index (χ1v) is 8.92. The molecule has 3 heteroatoms. The molecule has 0 saturated heterocycles. The second-order valence-electron chi connectivity index (χ2n) is 8.62. The zero-order valence-corrected chi connectivity index (χ0v) is 15.2. The first-order chi connectivity index (χ1) is 10.6. The molecule has 2 fully saturated rings. The highest BCUT2D eigenvalue weighted by molar-refractivity contribution is 5.17. The fourth-order valence-electron chi connectivity index (χ4n) is 5.43. The van der Waals surface area contributed by atoms with E-state index < -0.39 is 11.7 Å². The van der Waals surface area contributed by atoms with Crippen molar-refractivity contribution < 1.29 is 15.3 Å². The largest absolute Gasteiger partial charge is 0.396 e. The van der Waals surface area contributed by atoms with Crippen LogP contribution in [0.5, 0.6) is 0 Å². The number of aliphatic hydroxyl groups is 3. The summed E-state index contributed by atoms with van der Waals surface area (Å²) in [5, 5.41) is 31.9.